The van der Waals surface area contributed by atoms with Gasteiger partial charge in [0, 0.05) is 25.2 Å². The molecule has 2 rings (SSSR count). The predicted molar refractivity (Wildman–Crippen MR) is 110 cm³/mol. The first kappa shape index (κ1) is 21.6. The van der Waals surface area contributed by atoms with Gasteiger partial charge in [0.25, 0.3) is 11.6 Å². The van der Waals surface area contributed by atoms with Crippen LogP contribution < -0.4 is 9.47 Å². The average Bonchev–Trinajstić information content (AvgIpc) is 2.72. The third-order valence-electron chi connectivity index (χ3n) is 4.38. The molecule has 2 aromatic carbocycles. The molecule has 2 aromatic rings. The van der Waals surface area contributed by atoms with Gasteiger partial charge in [-0.05, 0) is 48.9 Å². The number of benzene rings is 2. The number of thioether (sulfide) groups is 1. The van der Waals surface area contributed by atoms with E-state index in [0.29, 0.717) is 28.5 Å². The van der Waals surface area contributed by atoms with Crippen molar-refractivity contribution < 1.29 is 19.2 Å². The van der Waals surface area contributed by atoms with Gasteiger partial charge < -0.3 is 14.4 Å². The SMILES string of the molecule is COc1ccc(CCCN(C)C(=O)c2ccc(SC)c([N+](=O)[O-])c2)cc1OC. The fourth-order valence-corrected chi connectivity index (χ4v) is 3.39. The first-order chi connectivity index (χ1) is 13.4. The maximum absolute atomic E-state index is 12.6. The molecule has 0 fully saturated rings. The lowest BCUT2D eigenvalue weighted by Crippen LogP contribution is -2.28. The van der Waals surface area contributed by atoms with Gasteiger partial charge in [0.1, 0.15) is 0 Å². The highest BCUT2D eigenvalue weighted by molar-refractivity contribution is 7.98. The molecule has 0 aliphatic rings. The summed E-state index contributed by atoms with van der Waals surface area (Å²) in [6.45, 7) is 0.533. The lowest BCUT2D eigenvalue weighted by atomic mass is 10.1. The molecule has 0 saturated heterocycles. The van der Waals surface area contributed by atoms with Crippen LogP contribution in [0, 0.1) is 10.1 Å². The Bertz CT molecular complexity index is 856. The van der Waals surface area contributed by atoms with E-state index in [-0.39, 0.29) is 11.6 Å². The Morgan fingerprint density at radius 2 is 1.86 bits per heavy atom. The van der Waals surface area contributed by atoms with E-state index in [1.807, 2.05) is 18.2 Å². The third-order valence-corrected chi connectivity index (χ3v) is 5.16. The number of rotatable bonds is 9. The molecular formula is C20H24N2O5S. The van der Waals surface area contributed by atoms with Gasteiger partial charge in [-0.2, -0.15) is 0 Å². The van der Waals surface area contributed by atoms with Crippen LogP contribution in [-0.2, 0) is 6.42 Å². The number of carbonyl (C=O) groups excluding carboxylic acids is 1. The fraction of sp³-hybridized carbons (Fsp3) is 0.350. The standard InChI is InChI=1S/C20H24N2O5S/c1-21(11-5-6-14-7-9-17(26-2)18(12-14)27-3)20(23)15-8-10-19(28-4)16(13-15)22(24)25/h7-10,12-13H,5-6,11H2,1-4H3. The largest absolute Gasteiger partial charge is 0.493 e. The van der Waals surface area contributed by atoms with Crippen LogP contribution >= 0.6 is 11.8 Å². The number of hydrogen-bond donors (Lipinski definition) is 0. The molecule has 150 valence electrons. The van der Waals surface area contributed by atoms with E-state index in [9.17, 15) is 14.9 Å². The van der Waals surface area contributed by atoms with Crippen molar-refractivity contribution in [3.63, 3.8) is 0 Å². The topological polar surface area (TPSA) is 81.9 Å². The van der Waals surface area contributed by atoms with Gasteiger partial charge >= 0.3 is 0 Å². The van der Waals surface area contributed by atoms with Crippen LogP contribution in [0.5, 0.6) is 11.5 Å². The van der Waals surface area contributed by atoms with Crippen LogP contribution in [0.1, 0.15) is 22.3 Å². The minimum Gasteiger partial charge on any atom is -0.493 e. The summed E-state index contributed by atoms with van der Waals surface area (Å²) in [5, 5.41) is 11.2. The predicted octanol–water partition coefficient (Wildman–Crippen LogP) is 4.04. The quantitative estimate of drug-likeness (QED) is 0.356. The van der Waals surface area contributed by atoms with Crippen molar-refractivity contribution in [1.82, 2.24) is 4.90 Å². The monoisotopic (exact) mass is 404 g/mol. The van der Waals surface area contributed by atoms with Crippen LogP contribution in [0.25, 0.3) is 0 Å². The summed E-state index contributed by atoms with van der Waals surface area (Å²) >= 11 is 1.28. The smallest absolute Gasteiger partial charge is 0.283 e. The second kappa shape index (κ2) is 9.98. The van der Waals surface area contributed by atoms with Gasteiger partial charge in [0.2, 0.25) is 0 Å². The number of carbonyl (C=O) groups is 1. The third kappa shape index (κ3) is 5.16. The minimum atomic E-state index is -0.459. The molecule has 0 bridgehead atoms. The number of nitro groups is 1. The lowest BCUT2D eigenvalue weighted by Gasteiger charge is -2.17. The van der Waals surface area contributed by atoms with Crippen molar-refractivity contribution in [3.05, 3.63) is 57.6 Å². The number of amides is 1. The zero-order chi connectivity index (χ0) is 20.7. The second-order valence-electron chi connectivity index (χ2n) is 6.16. The van der Waals surface area contributed by atoms with E-state index in [1.165, 1.54) is 17.8 Å². The molecular weight excluding hydrogens is 380 g/mol. The lowest BCUT2D eigenvalue weighted by molar-refractivity contribution is -0.387. The van der Waals surface area contributed by atoms with E-state index in [1.54, 1.807) is 44.6 Å². The molecule has 0 aromatic heterocycles. The first-order valence-electron chi connectivity index (χ1n) is 8.70. The Hall–Kier alpha value is -2.74. The van der Waals surface area contributed by atoms with Crippen LogP contribution in [0.2, 0.25) is 0 Å². The normalized spacial score (nSPS) is 10.4. The second-order valence-corrected chi connectivity index (χ2v) is 7.01. The molecule has 28 heavy (non-hydrogen) atoms. The van der Waals surface area contributed by atoms with Gasteiger partial charge in [-0.1, -0.05) is 6.07 Å². The van der Waals surface area contributed by atoms with Gasteiger partial charge in [-0.3, -0.25) is 14.9 Å². The average molecular weight is 404 g/mol. The van der Waals surface area contributed by atoms with Crippen molar-refractivity contribution in [2.24, 2.45) is 0 Å². The Labute approximate surface area is 168 Å². The van der Waals surface area contributed by atoms with Crippen LogP contribution in [0.3, 0.4) is 0 Å². The van der Waals surface area contributed by atoms with Gasteiger partial charge in [-0.25, -0.2) is 0 Å². The maximum atomic E-state index is 12.6. The Balaban J connectivity index is 1.99. The maximum Gasteiger partial charge on any atom is 0.283 e. The summed E-state index contributed by atoms with van der Waals surface area (Å²) < 4.78 is 10.5. The van der Waals surface area contributed by atoms with Crippen molar-refractivity contribution in [2.75, 3.05) is 34.1 Å². The Morgan fingerprint density at radius 1 is 1.14 bits per heavy atom. The van der Waals surface area contributed by atoms with E-state index < -0.39 is 4.92 Å². The fourth-order valence-electron chi connectivity index (χ4n) is 2.84. The van der Waals surface area contributed by atoms with Crippen LogP contribution in [0.4, 0.5) is 5.69 Å². The van der Waals surface area contributed by atoms with E-state index in [4.69, 9.17) is 9.47 Å². The van der Waals surface area contributed by atoms with E-state index >= 15 is 0 Å². The molecule has 0 spiro atoms. The molecule has 0 heterocycles. The number of aryl methyl sites for hydroxylation is 1. The van der Waals surface area contributed by atoms with Crippen molar-refractivity contribution in [3.8, 4) is 11.5 Å². The number of hydrogen-bond acceptors (Lipinski definition) is 6. The molecule has 0 atom stereocenters. The Kier molecular flexibility index (Phi) is 7.69. The summed E-state index contributed by atoms with van der Waals surface area (Å²) in [5.74, 6) is 1.11. The molecule has 0 radical (unpaired) electrons. The van der Waals surface area contributed by atoms with Crippen molar-refractivity contribution in [1.29, 1.82) is 0 Å². The van der Waals surface area contributed by atoms with E-state index in [2.05, 4.69) is 0 Å². The Morgan fingerprint density at radius 3 is 2.46 bits per heavy atom. The highest BCUT2D eigenvalue weighted by Crippen LogP contribution is 2.29. The van der Waals surface area contributed by atoms with Crippen molar-refractivity contribution in [2.45, 2.75) is 17.7 Å². The summed E-state index contributed by atoms with van der Waals surface area (Å²) in [7, 11) is 4.88. The summed E-state index contributed by atoms with van der Waals surface area (Å²) in [6.07, 6.45) is 3.29. The number of nitrogens with zero attached hydrogens (tertiary/aromatic N) is 2. The summed E-state index contributed by atoms with van der Waals surface area (Å²) in [4.78, 5) is 25.5. The highest BCUT2D eigenvalue weighted by atomic mass is 32.2. The summed E-state index contributed by atoms with van der Waals surface area (Å²) in [6, 6.07) is 10.3. The minimum absolute atomic E-state index is 0.0444. The first-order valence-corrected chi connectivity index (χ1v) is 9.92. The molecule has 0 unspecified atom stereocenters. The molecule has 0 saturated carbocycles. The zero-order valence-corrected chi connectivity index (χ0v) is 17.2. The van der Waals surface area contributed by atoms with Crippen molar-refractivity contribution >= 4 is 23.4 Å². The molecule has 0 aliphatic heterocycles. The number of ether oxygens (including phenoxy) is 2. The summed E-state index contributed by atoms with van der Waals surface area (Å²) in [5.41, 5.74) is 1.36. The van der Waals surface area contributed by atoms with Gasteiger partial charge in [0.15, 0.2) is 11.5 Å². The van der Waals surface area contributed by atoms with E-state index in [0.717, 1.165) is 18.4 Å². The molecule has 0 aliphatic carbocycles. The number of methoxy groups -OCH3 is 2. The molecule has 8 heteroatoms. The molecule has 7 nitrogen and oxygen atoms in total. The molecule has 0 N–H and O–H groups in total. The van der Waals surface area contributed by atoms with Crippen LogP contribution in [-0.4, -0.2) is 49.8 Å². The highest BCUT2D eigenvalue weighted by Gasteiger charge is 2.19. The van der Waals surface area contributed by atoms with Gasteiger partial charge in [0.05, 0.1) is 24.0 Å². The molecule has 1 amide bonds. The number of nitro benzene ring substituents is 1. The van der Waals surface area contributed by atoms with Crippen LogP contribution in [0.15, 0.2) is 41.3 Å². The van der Waals surface area contributed by atoms with Gasteiger partial charge in [-0.15, -0.1) is 11.8 Å². The zero-order valence-electron chi connectivity index (χ0n) is 16.4.